The lowest BCUT2D eigenvalue weighted by Gasteiger charge is -2.46. The van der Waals surface area contributed by atoms with Crippen molar-refractivity contribution >= 4 is 96.1 Å². The minimum absolute atomic E-state index is 0.0146. The third-order valence-electron chi connectivity index (χ3n) is 17.2. The van der Waals surface area contributed by atoms with Crippen molar-refractivity contribution in [1.82, 2.24) is 4.57 Å². The van der Waals surface area contributed by atoms with Gasteiger partial charge in [0.2, 0.25) is 0 Å². The second kappa shape index (κ2) is 18.7. The molecule has 0 amide bonds. The van der Waals surface area contributed by atoms with Crippen LogP contribution < -0.4 is 31.1 Å². The fourth-order valence-corrected chi connectivity index (χ4v) is 12.5. The molecule has 9 aromatic carbocycles. The van der Waals surface area contributed by atoms with E-state index in [9.17, 15) is 1.37 Å². The van der Waals surface area contributed by atoms with Crippen molar-refractivity contribution in [2.45, 2.75) is 138 Å². The van der Waals surface area contributed by atoms with Crippen molar-refractivity contribution in [3.05, 3.63) is 221 Å². The van der Waals surface area contributed by atoms with Gasteiger partial charge in [-0.1, -0.05) is 206 Å². The maximum absolute atomic E-state index is 10.0. The molecule has 0 bridgehead atoms. The fourth-order valence-electron chi connectivity index (χ4n) is 12.5. The Hall–Kier alpha value is -7.76. The zero-order valence-corrected chi connectivity index (χ0v) is 50.2. The first kappa shape index (κ1) is 51.7. The van der Waals surface area contributed by atoms with Crippen LogP contribution in [0.2, 0.25) is 0 Å². The molecule has 2 aliphatic heterocycles. The number of para-hydroxylation sites is 1. The summed E-state index contributed by atoms with van der Waals surface area (Å²) in [6.45, 7) is 36.4. The molecule has 1 aromatic heterocycles. The van der Waals surface area contributed by atoms with Crippen LogP contribution >= 0.6 is 0 Å². The zero-order valence-electron chi connectivity index (χ0n) is 51.2. The first-order valence-corrected chi connectivity index (χ1v) is 29.0. The highest BCUT2D eigenvalue weighted by atomic mass is 15.2. The Kier molecular flexibility index (Phi) is 12.1. The van der Waals surface area contributed by atoms with Crippen LogP contribution in [0, 0.1) is 6.92 Å². The van der Waals surface area contributed by atoms with Gasteiger partial charge < -0.3 is 19.3 Å². The molecule has 2 aliphatic rings. The molecule has 80 heavy (non-hydrogen) atoms. The largest absolute Gasteiger partial charge is 0.311 e. The number of benzene rings is 9. The second-order valence-electron chi connectivity index (χ2n) is 28.0. The molecule has 4 nitrogen and oxygen atoms in total. The predicted octanol–water partition coefficient (Wildman–Crippen LogP) is 19.1. The van der Waals surface area contributed by atoms with E-state index in [1.807, 2.05) is 0 Å². The first-order valence-electron chi connectivity index (χ1n) is 29.5. The second-order valence-corrected chi connectivity index (χ2v) is 28.0. The molecular weight excluding hydrogens is 968 g/mol. The third-order valence-corrected chi connectivity index (χ3v) is 17.2. The zero-order chi connectivity index (χ0) is 57.5. The van der Waals surface area contributed by atoms with Gasteiger partial charge in [-0.15, -0.1) is 0 Å². The minimum atomic E-state index is -0.237. The van der Waals surface area contributed by atoms with Gasteiger partial charge in [0, 0.05) is 56.3 Å². The van der Waals surface area contributed by atoms with Crippen LogP contribution in [0.3, 0.4) is 0 Å². The van der Waals surface area contributed by atoms with Gasteiger partial charge in [-0.2, -0.15) is 0 Å². The van der Waals surface area contributed by atoms with Crippen molar-refractivity contribution in [2.24, 2.45) is 0 Å². The van der Waals surface area contributed by atoms with Gasteiger partial charge in [-0.25, -0.2) is 0 Å². The molecule has 3 heterocycles. The molecule has 0 radical (unpaired) electrons. The highest BCUT2D eigenvalue weighted by Crippen LogP contribution is 2.54. The third kappa shape index (κ3) is 8.93. The van der Waals surface area contributed by atoms with Crippen LogP contribution in [0.1, 0.15) is 139 Å². The molecule has 402 valence electrons. The number of aryl methyl sites for hydroxylation is 1. The maximum Gasteiger partial charge on any atom is 0.252 e. The van der Waals surface area contributed by atoms with Crippen LogP contribution in [0.15, 0.2) is 188 Å². The predicted molar refractivity (Wildman–Crippen MR) is 348 cm³/mol. The molecule has 5 heteroatoms. The molecule has 0 aliphatic carbocycles. The molecule has 0 N–H and O–H groups in total. The van der Waals surface area contributed by atoms with Gasteiger partial charge in [0.25, 0.3) is 6.71 Å². The smallest absolute Gasteiger partial charge is 0.252 e. The van der Waals surface area contributed by atoms with Gasteiger partial charge in [0.05, 0.1) is 23.8 Å². The van der Waals surface area contributed by atoms with E-state index in [1.165, 1.54) is 55.2 Å². The summed E-state index contributed by atoms with van der Waals surface area (Å²) in [5.41, 5.74) is 23.9. The summed E-state index contributed by atoms with van der Waals surface area (Å²) in [5.74, 6) is 0. The number of rotatable bonds is 6. The topological polar surface area (TPSA) is 14.7 Å². The van der Waals surface area contributed by atoms with Crippen molar-refractivity contribution < 1.29 is 1.37 Å². The average Bonchev–Trinajstić information content (AvgIpc) is 3.93. The van der Waals surface area contributed by atoms with E-state index in [2.05, 4.69) is 312 Å². The van der Waals surface area contributed by atoms with Crippen molar-refractivity contribution in [1.29, 1.82) is 0 Å². The van der Waals surface area contributed by atoms with Crippen LogP contribution in [0.5, 0.6) is 0 Å². The summed E-state index contributed by atoms with van der Waals surface area (Å²) in [6.07, 6.45) is 0. The quantitative estimate of drug-likeness (QED) is 0.154. The number of anilines is 9. The Bertz CT molecular complexity index is 4000. The number of hydrogen-bond donors (Lipinski definition) is 0. The number of aromatic nitrogens is 1. The maximum atomic E-state index is 10.0. The van der Waals surface area contributed by atoms with E-state index in [0.29, 0.717) is 6.04 Å². The summed E-state index contributed by atoms with van der Waals surface area (Å²) in [4.78, 5) is 7.56. The Morgan fingerprint density at radius 2 is 0.838 bits per heavy atom. The normalized spacial score (nSPS) is 13.8. The standard InChI is InChI=1S/C75H79BN4/c1-48-24-35-56(36-25-48)78-62-21-18-17-20-59(62)67-66(78)47-61-69(70(67)77(54-37-26-49(27-38-54)71(2,3)4)55-39-28-50(29-40-55)72(5,6)7)80(58-43-32-52(33-44-58)74(11,12)13)65-23-19-22-64-68(65)76(61)60-46-53(75(14,15)16)34-45-63(60)79(64)57-41-30-51(31-42-57)73(8,9)10/h17-47H,1-16H3/i19D. The molecule has 0 atom stereocenters. The lowest BCUT2D eigenvalue weighted by Crippen LogP contribution is -2.61. The van der Waals surface area contributed by atoms with Gasteiger partial charge in [-0.3, -0.25) is 0 Å². The van der Waals surface area contributed by atoms with Crippen LogP contribution in [0.25, 0.3) is 27.5 Å². The fraction of sp³-hybridized carbons (Fsp3) is 0.280. The molecule has 10 aromatic rings. The van der Waals surface area contributed by atoms with Crippen molar-refractivity contribution in [3.8, 4) is 5.69 Å². The molecule has 12 rings (SSSR count). The highest BCUT2D eigenvalue weighted by molar-refractivity contribution is 7.00. The highest BCUT2D eigenvalue weighted by Gasteiger charge is 2.46. The van der Waals surface area contributed by atoms with E-state index in [1.54, 1.807) is 0 Å². The summed E-state index contributed by atoms with van der Waals surface area (Å²) < 4.78 is 12.5. The monoisotopic (exact) mass is 1050 g/mol. The van der Waals surface area contributed by atoms with Gasteiger partial charge in [0.1, 0.15) is 0 Å². The van der Waals surface area contributed by atoms with Gasteiger partial charge in [-0.05, 0) is 169 Å². The van der Waals surface area contributed by atoms with Gasteiger partial charge >= 0.3 is 0 Å². The van der Waals surface area contributed by atoms with Crippen molar-refractivity contribution in [3.63, 3.8) is 0 Å². The summed E-state index contributed by atoms with van der Waals surface area (Å²) in [6, 6.07) is 69.8. The Balaban J connectivity index is 1.30. The molecule has 0 fully saturated rings. The number of hydrogen-bond acceptors (Lipinski definition) is 3. The molecule has 0 saturated carbocycles. The number of nitrogens with zero attached hydrogens (tertiary/aromatic N) is 4. The summed E-state index contributed by atoms with van der Waals surface area (Å²) in [5, 5.41) is 2.33. The van der Waals surface area contributed by atoms with E-state index in [-0.39, 0.29) is 33.8 Å². The van der Waals surface area contributed by atoms with E-state index in [4.69, 9.17) is 0 Å². The lowest BCUT2D eigenvalue weighted by atomic mass is 9.33. The Morgan fingerprint density at radius 1 is 0.400 bits per heavy atom. The molecule has 0 saturated heterocycles. The SMILES string of the molecule is [2H]c1cc2c3c(c1)N(c1ccc(C(C)(C)C)cc1)c1c(cc4c(c1N(c1ccc(C(C)(C)C)cc1)c1ccc(C(C)(C)C)cc1)c1ccccc1n4-c1ccc(C)cc1)B3c1cc(C(C)(C)C)ccc1N2c1ccc(C(C)(C)C)cc1. The van der Waals surface area contributed by atoms with Gasteiger partial charge in [0.15, 0.2) is 0 Å². The van der Waals surface area contributed by atoms with Crippen LogP contribution in [-0.4, -0.2) is 11.3 Å². The minimum Gasteiger partial charge on any atom is -0.311 e. The number of fused-ring (bicyclic) bond motifs is 7. The first-order chi connectivity index (χ1) is 38.2. The summed E-state index contributed by atoms with van der Waals surface area (Å²) in [7, 11) is 0. The van der Waals surface area contributed by atoms with Crippen LogP contribution in [-0.2, 0) is 27.1 Å². The average molecular weight is 1050 g/mol. The van der Waals surface area contributed by atoms with Crippen molar-refractivity contribution in [2.75, 3.05) is 14.7 Å². The van der Waals surface area contributed by atoms with E-state index in [0.717, 1.165) is 73.3 Å². The molecule has 0 spiro atoms. The summed E-state index contributed by atoms with van der Waals surface area (Å²) >= 11 is 0. The van der Waals surface area contributed by atoms with E-state index >= 15 is 0 Å². The lowest BCUT2D eigenvalue weighted by molar-refractivity contribution is 0.590. The van der Waals surface area contributed by atoms with E-state index < -0.39 is 0 Å². The Labute approximate surface area is 479 Å². The molecule has 0 unspecified atom stereocenters. The Morgan fingerprint density at radius 3 is 1.34 bits per heavy atom. The molecular formula is C75H79BN4. The van der Waals surface area contributed by atoms with Crippen LogP contribution in [0.4, 0.5) is 51.2 Å².